The molecule has 0 spiro atoms. The molecule has 1 amide bonds. The lowest BCUT2D eigenvalue weighted by Crippen LogP contribution is -2.13. The van der Waals surface area contributed by atoms with Crippen LogP contribution in [0.3, 0.4) is 0 Å². The van der Waals surface area contributed by atoms with Gasteiger partial charge in [-0.2, -0.15) is 13.2 Å². The maximum atomic E-state index is 12.7. The molecule has 0 aliphatic carbocycles. The minimum absolute atomic E-state index is 0.0616. The predicted molar refractivity (Wildman–Crippen MR) is 91.0 cm³/mol. The van der Waals surface area contributed by atoms with Crippen LogP contribution in [0, 0.1) is 0 Å². The number of halogens is 4. The van der Waals surface area contributed by atoms with Crippen molar-refractivity contribution in [1.29, 1.82) is 0 Å². The van der Waals surface area contributed by atoms with E-state index in [1.165, 1.54) is 18.2 Å². The van der Waals surface area contributed by atoms with Gasteiger partial charge >= 0.3 is 12.1 Å². The zero-order valence-corrected chi connectivity index (χ0v) is 14.2. The van der Waals surface area contributed by atoms with Crippen molar-refractivity contribution in [3.8, 4) is 0 Å². The Kier molecular flexibility index (Phi) is 4.59. The molecule has 5 nitrogen and oxygen atoms in total. The number of carboxylic acid groups (broad SMARTS) is 1. The number of benzene rings is 2. The number of carbonyl (C=O) groups is 2. The lowest BCUT2D eigenvalue weighted by molar-refractivity contribution is -0.137. The standard InChI is InChI=1S/C16H8ClF3N2O3S/c17-10-5-7(1-3-9(10)16(18,19)20)13(23)22-15-21-11-4-2-8(14(24)25)6-12(11)26-15/h1-6H,(H,24,25)(H,21,22,23). The van der Waals surface area contributed by atoms with Crippen molar-refractivity contribution in [1.82, 2.24) is 4.98 Å². The Hall–Kier alpha value is -2.65. The molecule has 0 unspecified atom stereocenters. The van der Waals surface area contributed by atoms with Gasteiger partial charge in [0.2, 0.25) is 0 Å². The smallest absolute Gasteiger partial charge is 0.417 e. The van der Waals surface area contributed by atoms with E-state index in [0.717, 1.165) is 29.5 Å². The van der Waals surface area contributed by atoms with Crippen LogP contribution in [0.25, 0.3) is 10.2 Å². The summed E-state index contributed by atoms with van der Waals surface area (Å²) >= 11 is 6.65. The highest BCUT2D eigenvalue weighted by Gasteiger charge is 2.33. The van der Waals surface area contributed by atoms with Crippen LogP contribution in [0.15, 0.2) is 36.4 Å². The highest BCUT2D eigenvalue weighted by atomic mass is 35.5. The van der Waals surface area contributed by atoms with E-state index < -0.39 is 28.6 Å². The zero-order valence-electron chi connectivity index (χ0n) is 12.6. The molecule has 10 heteroatoms. The molecule has 0 saturated heterocycles. The molecule has 1 heterocycles. The van der Waals surface area contributed by atoms with Crippen LogP contribution < -0.4 is 5.32 Å². The fourth-order valence-corrected chi connectivity index (χ4v) is 3.35. The summed E-state index contributed by atoms with van der Waals surface area (Å²) in [5, 5.41) is 11.0. The van der Waals surface area contributed by atoms with Crippen LogP contribution in [0.4, 0.5) is 18.3 Å². The Labute approximate surface area is 153 Å². The number of anilines is 1. The van der Waals surface area contributed by atoms with Crippen LogP contribution in [0.2, 0.25) is 5.02 Å². The van der Waals surface area contributed by atoms with E-state index in [9.17, 15) is 22.8 Å². The monoisotopic (exact) mass is 400 g/mol. The van der Waals surface area contributed by atoms with Gasteiger partial charge in [-0.05, 0) is 36.4 Å². The number of alkyl halides is 3. The first kappa shape index (κ1) is 18.2. The molecular weight excluding hydrogens is 393 g/mol. The number of aromatic carboxylic acids is 1. The normalized spacial score (nSPS) is 11.5. The third kappa shape index (κ3) is 3.63. The predicted octanol–water partition coefficient (Wildman–Crippen LogP) is 4.92. The lowest BCUT2D eigenvalue weighted by atomic mass is 10.1. The summed E-state index contributed by atoms with van der Waals surface area (Å²) in [5.74, 6) is -1.77. The van der Waals surface area contributed by atoms with Crippen molar-refractivity contribution in [3.63, 3.8) is 0 Å². The second-order valence-electron chi connectivity index (χ2n) is 5.15. The summed E-state index contributed by atoms with van der Waals surface area (Å²) in [6.45, 7) is 0. The Morgan fingerprint density at radius 1 is 1.12 bits per heavy atom. The second kappa shape index (κ2) is 6.58. The second-order valence-corrected chi connectivity index (χ2v) is 6.59. The number of hydrogen-bond donors (Lipinski definition) is 2. The fourth-order valence-electron chi connectivity index (χ4n) is 2.17. The molecule has 3 aromatic rings. The molecule has 0 radical (unpaired) electrons. The average molecular weight is 401 g/mol. The summed E-state index contributed by atoms with van der Waals surface area (Å²) < 4.78 is 38.6. The molecule has 0 aliphatic heterocycles. The number of fused-ring (bicyclic) bond motifs is 1. The number of amides is 1. The quantitative estimate of drug-likeness (QED) is 0.654. The van der Waals surface area contributed by atoms with Gasteiger partial charge in [-0.1, -0.05) is 22.9 Å². The minimum Gasteiger partial charge on any atom is -0.478 e. The number of nitrogens with one attached hydrogen (secondary N) is 1. The van der Waals surface area contributed by atoms with Crippen LogP contribution in [-0.2, 0) is 6.18 Å². The van der Waals surface area contributed by atoms with Crippen molar-refractivity contribution in [2.75, 3.05) is 5.32 Å². The Bertz CT molecular complexity index is 1030. The van der Waals surface area contributed by atoms with Crippen LogP contribution in [0.5, 0.6) is 0 Å². The van der Waals surface area contributed by atoms with E-state index in [2.05, 4.69) is 10.3 Å². The van der Waals surface area contributed by atoms with Gasteiger partial charge in [0.1, 0.15) is 0 Å². The highest BCUT2D eigenvalue weighted by molar-refractivity contribution is 7.22. The summed E-state index contributed by atoms with van der Waals surface area (Å²) in [6, 6.07) is 6.97. The van der Waals surface area contributed by atoms with E-state index in [-0.39, 0.29) is 16.3 Å². The number of carboxylic acids is 1. The van der Waals surface area contributed by atoms with Crippen molar-refractivity contribution in [2.45, 2.75) is 6.18 Å². The molecule has 0 bridgehead atoms. The van der Waals surface area contributed by atoms with E-state index >= 15 is 0 Å². The third-order valence-corrected chi connectivity index (χ3v) is 4.64. The molecule has 0 aliphatic rings. The van der Waals surface area contributed by atoms with E-state index in [4.69, 9.17) is 16.7 Å². The summed E-state index contributed by atoms with van der Waals surface area (Å²) in [4.78, 5) is 27.3. The van der Waals surface area contributed by atoms with Gasteiger partial charge < -0.3 is 5.11 Å². The highest BCUT2D eigenvalue weighted by Crippen LogP contribution is 2.35. The number of nitrogens with zero attached hydrogens (tertiary/aromatic N) is 1. The maximum absolute atomic E-state index is 12.7. The molecule has 26 heavy (non-hydrogen) atoms. The molecule has 2 N–H and O–H groups in total. The Morgan fingerprint density at radius 2 is 1.81 bits per heavy atom. The van der Waals surface area contributed by atoms with Gasteiger partial charge in [0.25, 0.3) is 5.91 Å². The Balaban J connectivity index is 1.85. The van der Waals surface area contributed by atoms with Gasteiger partial charge in [0.05, 0.1) is 26.4 Å². The molecule has 1 aromatic heterocycles. The maximum Gasteiger partial charge on any atom is 0.417 e. The number of aromatic nitrogens is 1. The van der Waals surface area contributed by atoms with Crippen molar-refractivity contribution in [3.05, 3.63) is 58.1 Å². The van der Waals surface area contributed by atoms with E-state index in [1.807, 2.05) is 0 Å². The molecule has 0 saturated carbocycles. The molecule has 3 rings (SSSR count). The molecule has 2 aromatic carbocycles. The Morgan fingerprint density at radius 3 is 2.42 bits per heavy atom. The summed E-state index contributed by atoms with van der Waals surface area (Å²) in [7, 11) is 0. The first-order valence-corrected chi connectivity index (χ1v) is 8.16. The average Bonchev–Trinajstić information content (AvgIpc) is 2.94. The van der Waals surface area contributed by atoms with E-state index in [1.54, 1.807) is 0 Å². The van der Waals surface area contributed by atoms with Crippen LogP contribution in [-0.4, -0.2) is 22.0 Å². The van der Waals surface area contributed by atoms with Gasteiger partial charge in [-0.25, -0.2) is 9.78 Å². The molecule has 134 valence electrons. The van der Waals surface area contributed by atoms with Gasteiger partial charge in [-0.15, -0.1) is 0 Å². The number of carbonyl (C=O) groups excluding carboxylic acids is 1. The molecule has 0 atom stereocenters. The van der Waals surface area contributed by atoms with Gasteiger partial charge in [0.15, 0.2) is 5.13 Å². The topological polar surface area (TPSA) is 79.3 Å². The SMILES string of the molecule is O=C(O)c1ccc2nc(NC(=O)c3ccc(C(F)(F)F)c(Cl)c3)sc2c1. The summed E-state index contributed by atoms with van der Waals surface area (Å²) in [6.07, 6.45) is -4.61. The van der Waals surface area contributed by atoms with Gasteiger partial charge in [-0.3, -0.25) is 10.1 Å². The molecule has 0 fully saturated rings. The van der Waals surface area contributed by atoms with Crippen LogP contribution in [0.1, 0.15) is 26.3 Å². The van der Waals surface area contributed by atoms with Gasteiger partial charge in [0, 0.05) is 5.56 Å². The minimum atomic E-state index is -4.61. The van der Waals surface area contributed by atoms with Crippen molar-refractivity contribution >= 4 is 50.2 Å². The number of thiazole rings is 1. The van der Waals surface area contributed by atoms with Crippen LogP contribution >= 0.6 is 22.9 Å². The summed E-state index contributed by atoms with van der Waals surface area (Å²) in [5.41, 5.74) is -0.528. The molecular formula is C16H8ClF3N2O3S. The third-order valence-electron chi connectivity index (χ3n) is 3.39. The number of rotatable bonds is 3. The fraction of sp³-hybridized carbons (Fsp3) is 0.0625. The lowest BCUT2D eigenvalue weighted by Gasteiger charge is -2.10. The first-order valence-electron chi connectivity index (χ1n) is 6.97. The zero-order chi connectivity index (χ0) is 19.1. The largest absolute Gasteiger partial charge is 0.478 e. The van der Waals surface area contributed by atoms with E-state index in [0.29, 0.717) is 10.2 Å². The first-order chi connectivity index (χ1) is 12.1. The van der Waals surface area contributed by atoms with Crippen molar-refractivity contribution in [2.24, 2.45) is 0 Å². The van der Waals surface area contributed by atoms with Crippen molar-refractivity contribution < 1.29 is 27.9 Å². The number of hydrogen-bond acceptors (Lipinski definition) is 4.